The monoisotopic (exact) mass is 287 g/mol. The normalized spacial score (nSPS) is 17.7. The quantitative estimate of drug-likeness (QED) is 0.911. The van der Waals surface area contributed by atoms with Gasteiger partial charge in [0.15, 0.2) is 5.82 Å². The highest BCUT2D eigenvalue weighted by Gasteiger charge is 2.28. The average Bonchev–Trinajstić information content (AvgIpc) is 2.88. The van der Waals surface area contributed by atoms with Gasteiger partial charge in [-0.3, -0.25) is 9.78 Å². The van der Waals surface area contributed by atoms with Crippen LogP contribution in [0.5, 0.6) is 0 Å². The molecule has 21 heavy (non-hydrogen) atoms. The number of carbonyl (C=O) groups excluding carboxylic acids is 1. The Morgan fingerprint density at radius 1 is 1.43 bits per heavy atom. The molecule has 4 nitrogen and oxygen atoms in total. The molecule has 110 valence electrons. The lowest BCUT2D eigenvalue weighted by molar-refractivity contribution is 0.0938. The number of carbonyl (C=O) groups is 1. The number of aromatic nitrogens is 2. The summed E-state index contributed by atoms with van der Waals surface area (Å²) in [6.07, 6.45) is 3.71. The molecule has 0 saturated heterocycles. The predicted octanol–water partition coefficient (Wildman–Crippen LogP) is 3.09. The third-order valence-corrected chi connectivity index (χ3v) is 3.83. The maximum Gasteiger partial charge on any atom is 0.253 e. The van der Waals surface area contributed by atoms with Gasteiger partial charge in [-0.2, -0.15) is 0 Å². The van der Waals surface area contributed by atoms with E-state index in [1.54, 1.807) is 18.3 Å². The third kappa shape index (κ3) is 2.55. The van der Waals surface area contributed by atoms with E-state index in [4.69, 9.17) is 0 Å². The number of fused-ring (bicyclic) bond motifs is 1. The van der Waals surface area contributed by atoms with Crippen molar-refractivity contribution in [3.05, 3.63) is 41.6 Å². The summed E-state index contributed by atoms with van der Waals surface area (Å²) in [4.78, 5) is 19.0. The van der Waals surface area contributed by atoms with Gasteiger partial charge in [-0.1, -0.05) is 13.8 Å². The van der Waals surface area contributed by atoms with Crippen LogP contribution in [0.2, 0.25) is 0 Å². The molecule has 1 aliphatic rings. The van der Waals surface area contributed by atoms with E-state index in [2.05, 4.69) is 29.1 Å². The first-order chi connectivity index (χ1) is 10.1. The molecule has 0 radical (unpaired) electrons. The third-order valence-electron chi connectivity index (χ3n) is 3.83. The van der Waals surface area contributed by atoms with Crippen molar-refractivity contribution in [2.24, 2.45) is 5.92 Å². The van der Waals surface area contributed by atoms with E-state index in [1.807, 2.05) is 0 Å². The minimum atomic E-state index is -0.392. The highest BCUT2D eigenvalue weighted by Crippen LogP contribution is 2.32. The van der Waals surface area contributed by atoms with Crippen LogP contribution in [0.25, 0.3) is 11.3 Å². The van der Waals surface area contributed by atoms with Crippen molar-refractivity contribution in [2.75, 3.05) is 6.54 Å². The van der Waals surface area contributed by atoms with Crippen molar-refractivity contribution < 1.29 is 9.18 Å². The van der Waals surface area contributed by atoms with Gasteiger partial charge < -0.3 is 10.3 Å². The average molecular weight is 287 g/mol. The van der Waals surface area contributed by atoms with Gasteiger partial charge in [0.2, 0.25) is 0 Å². The van der Waals surface area contributed by atoms with E-state index in [-0.39, 0.29) is 11.8 Å². The van der Waals surface area contributed by atoms with Crippen LogP contribution >= 0.6 is 0 Å². The smallest absolute Gasteiger partial charge is 0.253 e. The molecule has 0 fully saturated rings. The molecule has 2 N–H and O–H groups in total. The molecule has 0 aromatic carbocycles. The van der Waals surface area contributed by atoms with Gasteiger partial charge in [-0.15, -0.1) is 0 Å². The van der Waals surface area contributed by atoms with Crippen LogP contribution in [0.15, 0.2) is 24.5 Å². The zero-order valence-electron chi connectivity index (χ0n) is 12.1. The SMILES string of the molecule is CC(C)C[C@H]1CNC(=O)c2cc(-c3ccncc3F)[nH]c21. The number of nitrogens with zero attached hydrogens (tertiary/aromatic N) is 1. The summed E-state index contributed by atoms with van der Waals surface area (Å²) in [5, 5.41) is 2.91. The topological polar surface area (TPSA) is 57.8 Å². The highest BCUT2D eigenvalue weighted by molar-refractivity contribution is 5.98. The van der Waals surface area contributed by atoms with E-state index in [0.29, 0.717) is 29.3 Å². The standard InChI is InChI=1S/C16H18FN3O/c1-9(2)5-10-7-19-16(21)12-6-14(20-15(10)12)11-3-4-18-8-13(11)17/h3-4,6,8-10,20H,5,7H2,1-2H3,(H,19,21)/t10-/m0/s1. The zero-order valence-corrected chi connectivity index (χ0v) is 12.1. The van der Waals surface area contributed by atoms with Crippen LogP contribution in [0.3, 0.4) is 0 Å². The number of hydrogen-bond acceptors (Lipinski definition) is 2. The van der Waals surface area contributed by atoms with E-state index in [0.717, 1.165) is 12.1 Å². The predicted molar refractivity (Wildman–Crippen MR) is 78.5 cm³/mol. The van der Waals surface area contributed by atoms with Gasteiger partial charge in [-0.05, 0) is 24.5 Å². The van der Waals surface area contributed by atoms with Crippen LogP contribution in [0.1, 0.15) is 42.2 Å². The van der Waals surface area contributed by atoms with Crippen molar-refractivity contribution in [3.63, 3.8) is 0 Å². The molecule has 0 unspecified atom stereocenters. The summed E-state index contributed by atoms with van der Waals surface area (Å²) in [5.41, 5.74) is 2.61. The first-order valence-corrected chi connectivity index (χ1v) is 7.17. The van der Waals surface area contributed by atoms with E-state index >= 15 is 0 Å². The molecule has 0 spiro atoms. The lowest BCUT2D eigenvalue weighted by atomic mass is 9.89. The molecule has 0 aliphatic carbocycles. The number of amides is 1. The molecule has 2 aromatic heterocycles. The zero-order chi connectivity index (χ0) is 15.0. The summed E-state index contributed by atoms with van der Waals surface area (Å²) in [6.45, 7) is 4.94. The van der Waals surface area contributed by atoms with Crippen molar-refractivity contribution in [1.82, 2.24) is 15.3 Å². The number of nitrogens with one attached hydrogen (secondary N) is 2. The van der Waals surface area contributed by atoms with Crippen LogP contribution in [-0.4, -0.2) is 22.4 Å². The first-order valence-electron chi connectivity index (χ1n) is 7.17. The van der Waals surface area contributed by atoms with Gasteiger partial charge in [0.1, 0.15) is 0 Å². The molecule has 1 amide bonds. The lowest BCUT2D eigenvalue weighted by Gasteiger charge is -2.24. The summed E-state index contributed by atoms with van der Waals surface area (Å²) < 4.78 is 13.9. The van der Waals surface area contributed by atoms with Gasteiger partial charge in [0, 0.05) is 35.6 Å². The van der Waals surface area contributed by atoms with Crippen molar-refractivity contribution >= 4 is 5.91 Å². The molecular weight excluding hydrogens is 269 g/mol. The van der Waals surface area contributed by atoms with Crippen LogP contribution in [0.4, 0.5) is 4.39 Å². The Bertz CT molecular complexity index is 678. The van der Waals surface area contributed by atoms with Crippen LogP contribution in [-0.2, 0) is 0 Å². The maximum atomic E-state index is 13.9. The second-order valence-electron chi connectivity index (χ2n) is 5.90. The summed E-state index contributed by atoms with van der Waals surface area (Å²) in [5.74, 6) is 0.289. The molecular formula is C16H18FN3O. The van der Waals surface area contributed by atoms with Gasteiger partial charge in [-0.25, -0.2) is 4.39 Å². The Morgan fingerprint density at radius 3 is 2.95 bits per heavy atom. The molecule has 1 atom stereocenters. The fourth-order valence-corrected chi connectivity index (χ4v) is 2.90. The summed E-state index contributed by atoms with van der Waals surface area (Å²) >= 11 is 0. The molecule has 5 heteroatoms. The largest absolute Gasteiger partial charge is 0.357 e. The molecule has 3 rings (SSSR count). The molecule has 1 aliphatic heterocycles. The second kappa shape index (κ2) is 5.31. The number of halogens is 1. The highest BCUT2D eigenvalue weighted by atomic mass is 19.1. The van der Waals surface area contributed by atoms with Crippen molar-refractivity contribution in [1.29, 1.82) is 0 Å². The lowest BCUT2D eigenvalue weighted by Crippen LogP contribution is -2.35. The fourth-order valence-electron chi connectivity index (χ4n) is 2.90. The van der Waals surface area contributed by atoms with E-state index < -0.39 is 5.82 Å². The molecule has 0 saturated carbocycles. The minimum absolute atomic E-state index is 0.0954. The van der Waals surface area contributed by atoms with Gasteiger partial charge >= 0.3 is 0 Å². The van der Waals surface area contributed by atoms with E-state index in [1.165, 1.54) is 6.20 Å². The van der Waals surface area contributed by atoms with Gasteiger partial charge in [0.25, 0.3) is 5.91 Å². The van der Waals surface area contributed by atoms with E-state index in [9.17, 15) is 9.18 Å². The number of H-pyrrole nitrogens is 1. The number of pyridine rings is 1. The maximum absolute atomic E-state index is 13.9. The molecule has 2 aromatic rings. The Labute approximate surface area is 122 Å². The molecule has 0 bridgehead atoms. The first kappa shape index (κ1) is 13.8. The Kier molecular flexibility index (Phi) is 3.49. The fraction of sp³-hybridized carbons (Fsp3) is 0.375. The van der Waals surface area contributed by atoms with Crippen molar-refractivity contribution in [3.8, 4) is 11.3 Å². The number of aromatic amines is 1. The number of hydrogen-bond donors (Lipinski definition) is 2. The Morgan fingerprint density at radius 2 is 2.24 bits per heavy atom. The van der Waals surface area contributed by atoms with Crippen LogP contribution in [0, 0.1) is 11.7 Å². The number of rotatable bonds is 3. The summed E-state index contributed by atoms with van der Waals surface area (Å²) in [7, 11) is 0. The van der Waals surface area contributed by atoms with Crippen LogP contribution < -0.4 is 5.32 Å². The van der Waals surface area contributed by atoms with Crippen molar-refractivity contribution in [2.45, 2.75) is 26.2 Å². The summed E-state index contributed by atoms with van der Waals surface area (Å²) in [6, 6.07) is 3.34. The second-order valence-corrected chi connectivity index (χ2v) is 5.90. The molecule has 3 heterocycles. The van der Waals surface area contributed by atoms with Gasteiger partial charge in [0.05, 0.1) is 11.8 Å². The Balaban J connectivity index is 2.04. The Hall–Kier alpha value is -2.17. The minimum Gasteiger partial charge on any atom is -0.357 e.